The summed E-state index contributed by atoms with van der Waals surface area (Å²) in [5.41, 5.74) is 14.0. The Bertz CT molecular complexity index is 1340. The minimum atomic E-state index is -1.24. The van der Waals surface area contributed by atoms with Crippen molar-refractivity contribution in [1.82, 2.24) is 20.9 Å². The highest BCUT2D eigenvalue weighted by molar-refractivity contribution is 5.94. The Morgan fingerprint density at radius 2 is 1.43 bits per heavy atom. The van der Waals surface area contributed by atoms with Crippen LogP contribution < -0.4 is 27.4 Å². The van der Waals surface area contributed by atoms with Crippen LogP contribution in [0.1, 0.15) is 44.2 Å². The van der Waals surface area contributed by atoms with Gasteiger partial charge in [-0.3, -0.25) is 14.4 Å². The number of para-hydroxylation sites is 1. The number of unbranched alkanes of at least 4 members (excludes halogenated alkanes) is 1. The molecular weight excluding hydrogens is 536 g/mol. The Hall–Kier alpha value is -4.22. The molecule has 0 aliphatic heterocycles. The highest BCUT2D eigenvalue weighted by atomic mass is 16.4. The standard InChI is InChI=1S/C31H42N6O5/c1-19(2)27(33)30(40)35-24(14-8-9-15-32)28(38)36-25(16-20-10-4-3-5-11-20)29(39)37-26(31(41)42)17-21-18-34-23-13-7-6-12-22(21)23/h3-7,10-13,18-19,24-27,34H,8-9,14-17,32-33H2,1-2H3,(H,35,40)(H,36,38)(H,37,39)(H,41,42). The molecule has 9 N–H and O–H groups in total. The van der Waals surface area contributed by atoms with Gasteiger partial charge in [0.05, 0.1) is 6.04 Å². The van der Waals surface area contributed by atoms with Gasteiger partial charge >= 0.3 is 5.97 Å². The van der Waals surface area contributed by atoms with E-state index in [2.05, 4.69) is 20.9 Å². The van der Waals surface area contributed by atoms with E-state index in [1.165, 1.54) is 0 Å². The maximum Gasteiger partial charge on any atom is 0.326 e. The Kier molecular flexibility index (Phi) is 12.1. The van der Waals surface area contributed by atoms with Crippen molar-refractivity contribution in [2.75, 3.05) is 6.54 Å². The highest BCUT2D eigenvalue weighted by Crippen LogP contribution is 2.19. The number of benzene rings is 2. The average molecular weight is 579 g/mol. The van der Waals surface area contributed by atoms with Crippen LogP contribution in [0.25, 0.3) is 10.9 Å². The summed E-state index contributed by atoms with van der Waals surface area (Å²) < 4.78 is 0. The van der Waals surface area contributed by atoms with Gasteiger partial charge < -0.3 is 37.5 Å². The van der Waals surface area contributed by atoms with Crippen LogP contribution in [0, 0.1) is 5.92 Å². The molecule has 3 amide bonds. The normalized spacial score (nSPS) is 14.1. The van der Waals surface area contributed by atoms with Gasteiger partial charge in [0.1, 0.15) is 18.1 Å². The molecule has 0 radical (unpaired) electrons. The summed E-state index contributed by atoms with van der Waals surface area (Å²) >= 11 is 0. The molecule has 2 aromatic carbocycles. The first-order valence-corrected chi connectivity index (χ1v) is 14.3. The second-order valence-electron chi connectivity index (χ2n) is 10.8. The second kappa shape index (κ2) is 15.7. The molecule has 42 heavy (non-hydrogen) atoms. The third-order valence-electron chi connectivity index (χ3n) is 7.23. The van der Waals surface area contributed by atoms with Crippen LogP contribution in [0.2, 0.25) is 0 Å². The zero-order chi connectivity index (χ0) is 30.6. The van der Waals surface area contributed by atoms with Crippen molar-refractivity contribution >= 4 is 34.6 Å². The Balaban J connectivity index is 1.81. The zero-order valence-electron chi connectivity index (χ0n) is 24.1. The number of hydrogen-bond acceptors (Lipinski definition) is 6. The molecule has 4 unspecified atom stereocenters. The molecule has 3 rings (SSSR count). The number of aromatic amines is 1. The van der Waals surface area contributed by atoms with Crippen LogP contribution in [0.4, 0.5) is 0 Å². The molecule has 11 heteroatoms. The largest absolute Gasteiger partial charge is 0.480 e. The van der Waals surface area contributed by atoms with Gasteiger partial charge in [0.2, 0.25) is 17.7 Å². The number of rotatable bonds is 16. The molecule has 0 bridgehead atoms. The summed E-state index contributed by atoms with van der Waals surface area (Å²) in [4.78, 5) is 55.1. The summed E-state index contributed by atoms with van der Waals surface area (Å²) in [5, 5.41) is 18.9. The third-order valence-corrected chi connectivity index (χ3v) is 7.23. The fourth-order valence-corrected chi connectivity index (χ4v) is 4.66. The monoisotopic (exact) mass is 578 g/mol. The van der Waals surface area contributed by atoms with E-state index in [1.807, 2.05) is 68.4 Å². The highest BCUT2D eigenvalue weighted by Gasteiger charge is 2.31. The van der Waals surface area contributed by atoms with Crippen molar-refractivity contribution in [2.45, 2.75) is 70.1 Å². The Morgan fingerprint density at radius 3 is 2.10 bits per heavy atom. The molecule has 11 nitrogen and oxygen atoms in total. The maximum absolute atomic E-state index is 13.6. The topological polar surface area (TPSA) is 192 Å². The van der Waals surface area contributed by atoms with Crippen LogP contribution in [-0.2, 0) is 32.0 Å². The van der Waals surface area contributed by atoms with E-state index in [-0.39, 0.29) is 18.8 Å². The van der Waals surface area contributed by atoms with Crippen molar-refractivity contribution in [3.05, 3.63) is 71.9 Å². The van der Waals surface area contributed by atoms with Crippen LogP contribution in [0.5, 0.6) is 0 Å². The van der Waals surface area contributed by atoms with Gasteiger partial charge in [-0.05, 0) is 48.9 Å². The van der Waals surface area contributed by atoms with Crippen LogP contribution >= 0.6 is 0 Å². The van der Waals surface area contributed by atoms with E-state index in [4.69, 9.17) is 11.5 Å². The number of carbonyl (C=O) groups excluding carboxylic acids is 3. The number of aliphatic carboxylic acids is 1. The number of nitrogens with one attached hydrogen (secondary N) is 4. The fourth-order valence-electron chi connectivity index (χ4n) is 4.66. The lowest BCUT2D eigenvalue weighted by Crippen LogP contribution is -2.58. The maximum atomic E-state index is 13.6. The third kappa shape index (κ3) is 9.15. The first kappa shape index (κ1) is 32.3. The predicted molar refractivity (Wildman–Crippen MR) is 161 cm³/mol. The predicted octanol–water partition coefficient (Wildman–Crippen LogP) is 1.60. The van der Waals surface area contributed by atoms with Gasteiger partial charge in [-0.25, -0.2) is 4.79 Å². The molecule has 0 aliphatic rings. The first-order valence-electron chi connectivity index (χ1n) is 14.3. The van der Waals surface area contributed by atoms with Gasteiger partial charge in [0, 0.05) is 29.9 Å². The number of carboxylic acid groups (broad SMARTS) is 1. The summed E-state index contributed by atoms with van der Waals surface area (Å²) in [6, 6.07) is 12.5. The van der Waals surface area contributed by atoms with E-state index in [9.17, 15) is 24.3 Å². The molecule has 0 saturated heterocycles. The van der Waals surface area contributed by atoms with E-state index in [0.717, 1.165) is 22.0 Å². The van der Waals surface area contributed by atoms with Crippen molar-refractivity contribution in [3.8, 4) is 0 Å². The van der Waals surface area contributed by atoms with Gasteiger partial charge in [-0.1, -0.05) is 62.4 Å². The molecule has 0 saturated carbocycles. The Labute approximate surface area is 245 Å². The number of aromatic nitrogens is 1. The minimum Gasteiger partial charge on any atom is -0.480 e. The molecule has 4 atom stereocenters. The molecule has 0 spiro atoms. The summed E-state index contributed by atoms with van der Waals surface area (Å²) in [5.74, 6) is -3.01. The SMILES string of the molecule is CC(C)C(N)C(=O)NC(CCCCN)C(=O)NC(Cc1ccccc1)C(=O)NC(Cc1c[nH]c2ccccc12)C(=O)O. The minimum absolute atomic E-state index is 0.0436. The van der Waals surface area contributed by atoms with Crippen molar-refractivity contribution < 1.29 is 24.3 Å². The summed E-state index contributed by atoms with van der Waals surface area (Å²) in [6.07, 6.45) is 3.42. The number of nitrogens with two attached hydrogens (primary N) is 2. The molecule has 226 valence electrons. The number of carboxylic acids is 1. The van der Waals surface area contributed by atoms with Gasteiger partial charge in [0.25, 0.3) is 0 Å². The number of amides is 3. The fraction of sp³-hybridized carbons (Fsp3) is 0.419. The number of carbonyl (C=O) groups is 4. The molecule has 1 aromatic heterocycles. The average Bonchev–Trinajstić information content (AvgIpc) is 3.38. The number of fused-ring (bicyclic) bond motifs is 1. The van der Waals surface area contributed by atoms with Crippen LogP contribution in [0.15, 0.2) is 60.8 Å². The molecule has 1 heterocycles. The molecule has 0 aliphatic carbocycles. The van der Waals surface area contributed by atoms with E-state index < -0.39 is 47.9 Å². The molecular formula is C31H42N6O5. The number of hydrogen-bond donors (Lipinski definition) is 7. The Morgan fingerprint density at radius 1 is 0.810 bits per heavy atom. The zero-order valence-corrected chi connectivity index (χ0v) is 24.1. The van der Waals surface area contributed by atoms with Gasteiger partial charge in [-0.15, -0.1) is 0 Å². The van der Waals surface area contributed by atoms with E-state index in [0.29, 0.717) is 25.8 Å². The van der Waals surface area contributed by atoms with Crippen molar-refractivity contribution in [3.63, 3.8) is 0 Å². The second-order valence-corrected chi connectivity index (χ2v) is 10.8. The summed E-state index contributed by atoms with van der Waals surface area (Å²) in [6.45, 7) is 4.05. The van der Waals surface area contributed by atoms with Crippen molar-refractivity contribution in [1.29, 1.82) is 0 Å². The van der Waals surface area contributed by atoms with E-state index in [1.54, 1.807) is 6.20 Å². The lowest BCUT2D eigenvalue weighted by atomic mass is 10.0. The smallest absolute Gasteiger partial charge is 0.326 e. The summed E-state index contributed by atoms with van der Waals surface area (Å²) in [7, 11) is 0. The van der Waals surface area contributed by atoms with Crippen LogP contribution in [-0.4, -0.2) is 64.5 Å². The lowest BCUT2D eigenvalue weighted by molar-refractivity contribution is -0.142. The van der Waals surface area contributed by atoms with Crippen LogP contribution in [0.3, 0.4) is 0 Å². The molecule has 0 fully saturated rings. The molecule has 3 aromatic rings. The van der Waals surface area contributed by atoms with E-state index >= 15 is 0 Å². The quantitative estimate of drug-likeness (QED) is 0.125. The van der Waals surface area contributed by atoms with Gasteiger partial charge in [-0.2, -0.15) is 0 Å². The first-order chi connectivity index (χ1) is 20.1. The lowest BCUT2D eigenvalue weighted by Gasteiger charge is -2.26. The van der Waals surface area contributed by atoms with Gasteiger partial charge in [0.15, 0.2) is 0 Å². The number of H-pyrrole nitrogens is 1. The van der Waals surface area contributed by atoms with Crippen molar-refractivity contribution in [2.24, 2.45) is 17.4 Å².